The minimum absolute atomic E-state index is 0.111. The first kappa shape index (κ1) is 14.4. The lowest BCUT2D eigenvalue weighted by Crippen LogP contribution is -2.44. The van der Waals surface area contributed by atoms with E-state index in [4.69, 9.17) is 5.11 Å². The lowest BCUT2D eigenvalue weighted by molar-refractivity contribution is -0.137. The molecule has 0 saturated heterocycles. The molecule has 0 atom stereocenters. The van der Waals surface area contributed by atoms with Gasteiger partial charge in [-0.2, -0.15) is 0 Å². The van der Waals surface area contributed by atoms with Gasteiger partial charge in [0.05, 0.1) is 0 Å². The monoisotopic (exact) mass is 276 g/mol. The van der Waals surface area contributed by atoms with Crippen LogP contribution in [0.15, 0.2) is 30.3 Å². The van der Waals surface area contributed by atoms with Crippen LogP contribution in [0.25, 0.3) is 0 Å². The molecular weight excluding hydrogens is 256 g/mol. The maximum absolute atomic E-state index is 11.9. The van der Waals surface area contributed by atoms with Crippen molar-refractivity contribution in [3.05, 3.63) is 35.9 Å². The van der Waals surface area contributed by atoms with Crippen LogP contribution in [-0.2, 0) is 11.2 Å². The number of urea groups is 1. The molecule has 5 nitrogen and oxygen atoms in total. The average molecular weight is 276 g/mol. The quantitative estimate of drug-likeness (QED) is 0.747. The molecule has 0 radical (unpaired) electrons. The number of amides is 2. The number of carbonyl (C=O) groups is 2. The van der Waals surface area contributed by atoms with Gasteiger partial charge in [0.25, 0.3) is 0 Å². The van der Waals surface area contributed by atoms with Crippen LogP contribution in [0.1, 0.15) is 24.8 Å². The Balaban J connectivity index is 1.69. The molecule has 1 aliphatic rings. The maximum Gasteiger partial charge on any atom is 0.323 e. The van der Waals surface area contributed by atoms with Crippen molar-refractivity contribution in [2.75, 3.05) is 13.1 Å². The van der Waals surface area contributed by atoms with Crippen LogP contribution in [0.4, 0.5) is 4.79 Å². The smallest absolute Gasteiger partial charge is 0.323 e. The van der Waals surface area contributed by atoms with Gasteiger partial charge >= 0.3 is 12.0 Å². The third kappa shape index (κ3) is 4.57. The SMILES string of the molecule is O=C(O)CN(C(=O)NCCCc1ccccc1)C1CC1. The van der Waals surface area contributed by atoms with Crippen molar-refractivity contribution >= 4 is 12.0 Å². The lowest BCUT2D eigenvalue weighted by Gasteiger charge is -2.20. The normalized spacial score (nSPS) is 13.8. The largest absolute Gasteiger partial charge is 0.480 e. The topological polar surface area (TPSA) is 69.6 Å². The number of aryl methyl sites for hydroxylation is 1. The predicted molar refractivity (Wildman–Crippen MR) is 75.5 cm³/mol. The highest BCUT2D eigenvalue weighted by molar-refractivity contribution is 5.80. The molecule has 20 heavy (non-hydrogen) atoms. The van der Waals surface area contributed by atoms with Crippen LogP contribution >= 0.6 is 0 Å². The Morgan fingerprint density at radius 2 is 1.95 bits per heavy atom. The summed E-state index contributed by atoms with van der Waals surface area (Å²) in [6, 6.07) is 9.93. The Morgan fingerprint density at radius 3 is 2.55 bits per heavy atom. The Morgan fingerprint density at radius 1 is 1.25 bits per heavy atom. The Hall–Kier alpha value is -2.04. The summed E-state index contributed by atoms with van der Waals surface area (Å²) < 4.78 is 0. The van der Waals surface area contributed by atoms with Gasteiger partial charge in [-0.15, -0.1) is 0 Å². The first-order valence-corrected chi connectivity index (χ1v) is 6.97. The van der Waals surface area contributed by atoms with Gasteiger partial charge in [-0.05, 0) is 31.2 Å². The molecule has 0 aromatic heterocycles. The molecule has 0 bridgehead atoms. The zero-order valence-electron chi connectivity index (χ0n) is 11.4. The fraction of sp³-hybridized carbons (Fsp3) is 0.467. The van der Waals surface area contributed by atoms with Gasteiger partial charge in [-0.1, -0.05) is 30.3 Å². The number of carboxylic acid groups (broad SMARTS) is 1. The maximum atomic E-state index is 11.9. The molecule has 108 valence electrons. The molecule has 0 heterocycles. The second-order valence-electron chi connectivity index (χ2n) is 5.07. The fourth-order valence-corrected chi connectivity index (χ4v) is 2.13. The average Bonchev–Trinajstić information content (AvgIpc) is 3.26. The number of rotatable bonds is 7. The summed E-state index contributed by atoms with van der Waals surface area (Å²) in [5.74, 6) is -0.962. The number of carboxylic acids is 1. The van der Waals surface area contributed by atoms with Gasteiger partial charge in [0.15, 0.2) is 0 Å². The number of nitrogens with one attached hydrogen (secondary N) is 1. The predicted octanol–water partition coefficient (Wildman–Crippen LogP) is 1.88. The molecule has 5 heteroatoms. The van der Waals surface area contributed by atoms with E-state index >= 15 is 0 Å². The molecule has 1 fully saturated rings. The highest BCUT2D eigenvalue weighted by atomic mass is 16.4. The van der Waals surface area contributed by atoms with Gasteiger partial charge in [0, 0.05) is 12.6 Å². The van der Waals surface area contributed by atoms with Crippen molar-refractivity contribution in [1.29, 1.82) is 0 Å². The summed E-state index contributed by atoms with van der Waals surface area (Å²) in [7, 11) is 0. The summed E-state index contributed by atoms with van der Waals surface area (Å²) >= 11 is 0. The second-order valence-corrected chi connectivity index (χ2v) is 5.07. The number of hydrogen-bond donors (Lipinski definition) is 2. The van der Waals surface area contributed by atoms with E-state index in [0.717, 1.165) is 25.7 Å². The van der Waals surface area contributed by atoms with E-state index in [-0.39, 0.29) is 18.6 Å². The van der Waals surface area contributed by atoms with Crippen LogP contribution in [0.5, 0.6) is 0 Å². The Kier molecular flexibility index (Phi) is 4.98. The van der Waals surface area contributed by atoms with Crippen molar-refractivity contribution in [3.63, 3.8) is 0 Å². The Bertz CT molecular complexity index is 457. The number of carbonyl (C=O) groups excluding carboxylic acids is 1. The number of aliphatic carboxylic acids is 1. The molecule has 2 amide bonds. The summed E-state index contributed by atoms with van der Waals surface area (Å²) in [5.41, 5.74) is 1.24. The highest BCUT2D eigenvalue weighted by Gasteiger charge is 2.33. The standard InChI is InChI=1S/C15H20N2O3/c18-14(19)11-17(13-8-9-13)15(20)16-10-4-7-12-5-2-1-3-6-12/h1-3,5-6,13H,4,7-11H2,(H,16,20)(H,18,19). The molecule has 2 N–H and O–H groups in total. The zero-order valence-corrected chi connectivity index (χ0v) is 11.4. The molecule has 1 aliphatic carbocycles. The summed E-state index contributed by atoms with van der Waals surface area (Å²) in [4.78, 5) is 24.1. The van der Waals surface area contributed by atoms with Crippen molar-refractivity contribution < 1.29 is 14.7 Å². The molecule has 2 rings (SSSR count). The number of hydrogen-bond acceptors (Lipinski definition) is 2. The number of nitrogens with zero attached hydrogens (tertiary/aromatic N) is 1. The summed E-state index contributed by atoms with van der Waals surface area (Å²) in [5, 5.41) is 11.6. The number of benzene rings is 1. The van der Waals surface area contributed by atoms with E-state index in [1.807, 2.05) is 18.2 Å². The van der Waals surface area contributed by atoms with E-state index in [9.17, 15) is 9.59 Å². The molecule has 1 saturated carbocycles. The summed E-state index contributed by atoms with van der Waals surface area (Å²) in [6.45, 7) is 0.353. The first-order chi connectivity index (χ1) is 9.66. The molecule has 1 aromatic rings. The first-order valence-electron chi connectivity index (χ1n) is 6.97. The minimum atomic E-state index is -0.962. The van der Waals surface area contributed by atoms with Crippen molar-refractivity contribution in [2.45, 2.75) is 31.7 Å². The van der Waals surface area contributed by atoms with E-state index in [2.05, 4.69) is 17.4 Å². The van der Waals surface area contributed by atoms with Crippen LogP contribution in [0.2, 0.25) is 0 Å². The second kappa shape index (κ2) is 6.93. The van der Waals surface area contributed by atoms with Crippen LogP contribution in [-0.4, -0.2) is 41.1 Å². The van der Waals surface area contributed by atoms with Gasteiger partial charge < -0.3 is 15.3 Å². The van der Waals surface area contributed by atoms with Gasteiger partial charge in [-0.25, -0.2) is 4.79 Å². The summed E-state index contributed by atoms with van der Waals surface area (Å²) in [6.07, 6.45) is 3.57. The van der Waals surface area contributed by atoms with Gasteiger partial charge in [-0.3, -0.25) is 4.79 Å². The molecular formula is C15H20N2O3. The molecule has 0 aliphatic heterocycles. The van der Waals surface area contributed by atoms with Crippen molar-refractivity contribution in [2.24, 2.45) is 0 Å². The Labute approximate surface area is 118 Å². The zero-order chi connectivity index (χ0) is 14.4. The van der Waals surface area contributed by atoms with Crippen LogP contribution in [0.3, 0.4) is 0 Å². The third-order valence-electron chi connectivity index (χ3n) is 3.32. The van der Waals surface area contributed by atoms with Crippen molar-refractivity contribution in [1.82, 2.24) is 10.2 Å². The van der Waals surface area contributed by atoms with Crippen LogP contribution in [0, 0.1) is 0 Å². The van der Waals surface area contributed by atoms with E-state index in [1.54, 1.807) is 0 Å². The molecule has 0 spiro atoms. The third-order valence-corrected chi connectivity index (χ3v) is 3.32. The molecule has 0 unspecified atom stereocenters. The van der Waals surface area contributed by atoms with Crippen LogP contribution < -0.4 is 5.32 Å². The fourth-order valence-electron chi connectivity index (χ4n) is 2.13. The van der Waals surface area contributed by atoms with E-state index in [0.29, 0.717) is 6.54 Å². The van der Waals surface area contributed by atoms with E-state index < -0.39 is 5.97 Å². The van der Waals surface area contributed by atoms with Crippen molar-refractivity contribution in [3.8, 4) is 0 Å². The van der Waals surface area contributed by atoms with Gasteiger partial charge in [0.1, 0.15) is 6.54 Å². The lowest BCUT2D eigenvalue weighted by atomic mass is 10.1. The van der Waals surface area contributed by atoms with Gasteiger partial charge in [0.2, 0.25) is 0 Å². The minimum Gasteiger partial charge on any atom is -0.480 e. The molecule has 1 aromatic carbocycles. The van der Waals surface area contributed by atoms with E-state index in [1.165, 1.54) is 10.5 Å². The highest BCUT2D eigenvalue weighted by Crippen LogP contribution is 2.26.